The molecule has 1 saturated heterocycles. The summed E-state index contributed by atoms with van der Waals surface area (Å²) in [5, 5.41) is 32.5. The van der Waals surface area contributed by atoms with E-state index in [1.165, 1.54) is 0 Å². The van der Waals surface area contributed by atoms with Crippen LogP contribution in [0.4, 0.5) is 0 Å². The summed E-state index contributed by atoms with van der Waals surface area (Å²) in [5.41, 5.74) is 0.950. The van der Waals surface area contributed by atoms with E-state index in [-0.39, 0.29) is 6.61 Å². The first kappa shape index (κ1) is 16.0. The van der Waals surface area contributed by atoms with E-state index in [0.717, 1.165) is 5.56 Å². The Labute approximate surface area is 127 Å². The highest BCUT2D eigenvalue weighted by Gasteiger charge is 2.41. The van der Waals surface area contributed by atoms with Crippen LogP contribution in [0.3, 0.4) is 0 Å². The minimum Gasteiger partial charge on any atom is -0.394 e. The van der Waals surface area contributed by atoms with Crippen molar-refractivity contribution in [2.75, 3.05) is 13.2 Å². The average Bonchev–Trinajstić information content (AvgIpc) is 2.70. The minimum absolute atomic E-state index is 0.318. The van der Waals surface area contributed by atoms with E-state index in [0.29, 0.717) is 23.1 Å². The van der Waals surface area contributed by atoms with Gasteiger partial charge in [0.2, 0.25) is 0 Å². The van der Waals surface area contributed by atoms with Gasteiger partial charge in [0.25, 0.3) is 0 Å². The van der Waals surface area contributed by atoms with Gasteiger partial charge in [-0.15, -0.1) is 0 Å². The molecule has 0 aromatic heterocycles. The lowest BCUT2D eigenvalue weighted by atomic mass is 10.1. The molecule has 0 amide bonds. The summed E-state index contributed by atoms with van der Waals surface area (Å²) < 4.78 is 5.36. The van der Waals surface area contributed by atoms with Crippen molar-refractivity contribution < 1.29 is 20.1 Å². The lowest BCUT2D eigenvalue weighted by Gasteiger charge is -2.15. The summed E-state index contributed by atoms with van der Waals surface area (Å²) in [6.07, 6.45) is -3.35. The molecule has 5 nitrogen and oxygen atoms in total. The summed E-state index contributed by atoms with van der Waals surface area (Å²) in [6, 6.07) is 5.32. The molecule has 1 fully saturated rings. The van der Waals surface area contributed by atoms with Crippen LogP contribution in [-0.4, -0.2) is 52.9 Å². The van der Waals surface area contributed by atoms with Gasteiger partial charge >= 0.3 is 0 Å². The van der Waals surface area contributed by atoms with Crippen LogP contribution in [0.5, 0.6) is 0 Å². The maximum absolute atomic E-state index is 9.77. The topological polar surface area (TPSA) is 82.0 Å². The van der Waals surface area contributed by atoms with Crippen molar-refractivity contribution in [2.45, 2.75) is 31.0 Å². The molecule has 4 N–H and O–H groups in total. The zero-order chi connectivity index (χ0) is 14.7. The maximum Gasteiger partial charge on any atom is 0.111 e. The molecule has 0 radical (unpaired) electrons. The number of hydrogen-bond donors (Lipinski definition) is 4. The number of rotatable bonds is 5. The molecule has 20 heavy (non-hydrogen) atoms. The second-order valence-corrected chi connectivity index (χ2v) is 5.57. The SMILES string of the molecule is OC[C@H]1O[C@H](CNCc2ccc(Cl)c(Cl)c2)[C@@H](O)[C@@H]1O. The highest BCUT2D eigenvalue weighted by molar-refractivity contribution is 6.42. The molecule has 0 unspecified atom stereocenters. The fourth-order valence-corrected chi connectivity index (χ4v) is 2.47. The Morgan fingerprint density at radius 3 is 2.40 bits per heavy atom. The van der Waals surface area contributed by atoms with Crippen molar-refractivity contribution in [1.29, 1.82) is 0 Å². The number of aliphatic hydroxyl groups excluding tert-OH is 3. The highest BCUT2D eigenvalue weighted by atomic mass is 35.5. The summed E-state index contributed by atoms with van der Waals surface area (Å²) in [7, 11) is 0. The van der Waals surface area contributed by atoms with Crippen LogP contribution in [-0.2, 0) is 11.3 Å². The molecule has 0 saturated carbocycles. The number of hydrogen-bond acceptors (Lipinski definition) is 5. The molecule has 2 rings (SSSR count). The highest BCUT2D eigenvalue weighted by Crippen LogP contribution is 2.23. The van der Waals surface area contributed by atoms with Gasteiger partial charge in [0.15, 0.2) is 0 Å². The van der Waals surface area contributed by atoms with Gasteiger partial charge in [-0.25, -0.2) is 0 Å². The van der Waals surface area contributed by atoms with Gasteiger partial charge in [0, 0.05) is 13.1 Å². The molecule has 0 aliphatic carbocycles. The lowest BCUT2D eigenvalue weighted by molar-refractivity contribution is -0.0213. The fraction of sp³-hybridized carbons (Fsp3) is 0.538. The Hall–Kier alpha value is -0.400. The second kappa shape index (κ2) is 7.04. The van der Waals surface area contributed by atoms with Crippen molar-refractivity contribution in [3.8, 4) is 0 Å². The van der Waals surface area contributed by atoms with Crippen molar-refractivity contribution in [1.82, 2.24) is 5.32 Å². The smallest absolute Gasteiger partial charge is 0.111 e. The summed E-state index contributed by atoms with van der Waals surface area (Å²) in [6.45, 7) is 0.569. The summed E-state index contributed by atoms with van der Waals surface area (Å²) >= 11 is 11.7. The second-order valence-electron chi connectivity index (χ2n) is 4.76. The number of benzene rings is 1. The van der Waals surface area contributed by atoms with Crippen molar-refractivity contribution in [2.24, 2.45) is 0 Å². The number of aliphatic hydroxyl groups is 3. The fourth-order valence-electron chi connectivity index (χ4n) is 2.15. The van der Waals surface area contributed by atoms with Gasteiger partial charge in [0.05, 0.1) is 22.8 Å². The van der Waals surface area contributed by atoms with Gasteiger partial charge in [-0.05, 0) is 17.7 Å². The van der Waals surface area contributed by atoms with Gasteiger partial charge in [-0.2, -0.15) is 0 Å². The molecule has 112 valence electrons. The molecule has 7 heteroatoms. The predicted octanol–water partition coefficient (Wildman–Crippen LogP) is 0.564. The van der Waals surface area contributed by atoms with E-state index in [1.807, 2.05) is 6.07 Å². The van der Waals surface area contributed by atoms with Crippen molar-refractivity contribution >= 4 is 23.2 Å². The van der Waals surface area contributed by atoms with Crippen LogP contribution in [0.25, 0.3) is 0 Å². The van der Waals surface area contributed by atoms with E-state index in [1.54, 1.807) is 12.1 Å². The number of nitrogens with one attached hydrogen (secondary N) is 1. The van der Waals surface area contributed by atoms with Gasteiger partial charge in [0.1, 0.15) is 18.3 Å². The van der Waals surface area contributed by atoms with Crippen molar-refractivity contribution in [3.05, 3.63) is 33.8 Å². The third-order valence-electron chi connectivity index (χ3n) is 3.30. The molecule has 1 aliphatic rings. The first-order valence-corrected chi connectivity index (χ1v) is 7.05. The molecule has 0 spiro atoms. The Morgan fingerprint density at radius 2 is 1.80 bits per heavy atom. The lowest BCUT2D eigenvalue weighted by Crippen LogP contribution is -2.38. The third kappa shape index (κ3) is 3.62. The van der Waals surface area contributed by atoms with Crippen LogP contribution in [0.2, 0.25) is 10.0 Å². The van der Waals surface area contributed by atoms with E-state index in [9.17, 15) is 10.2 Å². The number of ether oxygens (including phenoxy) is 1. The quantitative estimate of drug-likeness (QED) is 0.637. The Balaban J connectivity index is 1.82. The molecule has 1 aromatic carbocycles. The van der Waals surface area contributed by atoms with Gasteiger partial charge < -0.3 is 25.4 Å². The van der Waals surface area contributed by atoms with Crippen LogP contribution >= 0.6 is 23.2 Å². The van der Waals surface area contributed by atoms with E-state index in [4.69, 9.17) is 33.0 Å². The van der Waals surface area contributed by atoms with Crippen molar-refractivity contribution in [3.63, 3.8) is 0 Å². The minimum atomic E-state index is -1.06. The van der Waals surface area contributed by atoms with Crippen LogP contribution < -0.4 is 5.32 Å². The average molecular weight is 322 g/mol. The molecule has 1 aromatic rings. The van der Waals surface area contributed by atoms with E-state index < -0.39 is 24.4 Å². The Morgan fingerprint density at radius 1 is 1.10 bits per heavy atom. The monoisotopic (exact) mass is 321 g/mol. The molecule has 4 atom stereocenters. The summed E-state index contributed by atoms with van der Waals surface area (Å²) in [5.74, 6) is 0. The number of halogens is 2. The van der Waals surface area contributed by atoms with Gasteiger partial charge in [-0.1, -0.05) is 29.3 Å². The predicted molar refractivity (Wildman–Crippen MR) is 75.9 cm³/mol. The third-order valence-corrected chi connectivity index (χ3v) is 4.04. The van der Waals surface area contributed by atoms with Crippen LogP contribution in [0, 0.1) is 0 Å². The molecule has 0 bridgehead atoms. The van der Waals surface area contributed by atoms with Crippen LogP contribution in [0.15, 0.2) is 18.2 Å². The van der Waals surface area contributed by atoms with Crippen LogP contribution in [0.1, 0.15) is 5.56 Å². The molecule has 1 heterocycles. The first-order chi connectivity index (χ1) is 9.52. The van der Waals surface area contributed by atoms with E-state index >= 15 is 0 Å². The first-order valence-electron chi connectivity index (χ1n) is 6.30. The van der Waals surface area contributed by atoms with E-state index in [2.05, 4.69) is 5.32 Å². The molecular weight excluding hydrogens is 305 g/mol. The normalized spacial score (nSPS) is 29.9. The Bertz CT molecular complexity index is 460. The Kier molecular flexibility index (Phi) is 5.63. The van der Waals surface area contributed by atoms with Gasteiger partial charge in [-0.3, -0.25) is 0 Å². The zero-order valence-electron chi connectivity index (χ0n) is 10.7. The molecule has 1 aliphatic heterocycles. The largest absolute Gasteiger partial charge is 0.394 e. The zero-order valence-corrected chi connectivity index (χ0v) is 12.2. The molecular formula is C13H17Cl2NO4. The maximum atomic E-state index is 9.77. The standard InChI is InChI=1S/C13H17Cl2NO4/c14-8-2-1-7(3-9(8)15)4-16-5-10-12(18)13(19)11(6-17)20-10/h1-3,10-13,16-19H,4-6H2/t10-,11-,12-,13-/m1/s1. The summed E-state index contributed by atoms with van der Waals surface area (Å²) in [4.78, 5) is 0.